The van der Waals surface area contributed by atoms with Gasteiger partial charge in [-0.05, 0) is 25.3 Å². The molecule has 7 heteroatoms. The van der Waals surface area contributed by atoms with Crippen molar-refractivity contribution in [1.82, 2.24) is 15.2 Å². The number of methoxy groups -OCH3 is 1. The van der Waals surface area contributed by atoms with Gasteiger partial charge in [-0.15, -0.1) is 0 Å². The molecule has 0 aliphatic carbocycles. The summed E-state index contributed by atoms with van der Waals surface area (Å²) < 4.78 is 5.68. The minimum absolute atomic E-state index is 0.0366. The molecule has 1 saturated heterocycles. The molecule has 0 saturated carbocycles. The highest BCUT2D eigenvalue weighted by Gasteiger charge is 2.37. The largest absolute Gasteiger partial charge is 0.376 e. The fraction of sp³-hybridized carbons (Fsp3) is 0.562. The SMILES string of the molecule is CNC(=O)CCC1(OC)CCCN(C(=O)c2ccc(=O)[nH]c2)C1. The molecule has 0 bridgehead atoms. The summed E-state index contributed by atoms with van der Waals surface area (Å²) in [6.07, 6.45) is 3.99. The van der Waals surface area contributed by atoms with Crippen LogP contribution in [0.25, 0.3) is 0 Å². The third kappa shape index (κ3) is 4.19. The van der Waals surface area contributed by atoms with Crippen molar-refractivity contribution in [2.24, 2.45) is 0 Å². The normalized spacial score (nSPS) is 21.0. The number of likely N-dealkylation sites (tertiary alicyclic amines) is 1. The first-order chi connectivity index (χ1) is 11.0. The number of rotatable bonds is 5. The van der Waals surface area contributed by atoms with Crippen molar-refractivity contribution >= 4 is 11.8 Å². The number of hydrogen-bond donors (Lipinski definition) is 2. The number of carbonyl (C=O) groups is 2. The Morgan fingerprint density at radius 2 is 2.22 bits per heavy atom. The van der Waals surface area contributed by atoms with Gasteiger partial charge in [0.25, 0.3) is 5.91 Å². The van der Waals surface area contributed by atoms with E-state index in [0.717, 1.165) is 12.8 Å². The van der Waals surface area contributed by atoms with E-state index in [0.29, 0.717) is 31.5 Å². The number of aromatic amines is 1. The van der Waals surface area contributed by atoms with E-state index in [-0.39, 0.29) is 17.4 Å². The molecule has 0 spiro atoms. The number of nitrogens with one attached hydrogen (secondary N) is 2. The van der Waals surface area contributed by atoms with Crippen molar-refractivity contribution in [1.29, 1.82) is 0 Å². The molecule has 1 aromatic rings. The average molecular weight is 321 g/mol. The van der Waals surface area contributed by atoms with Crippen molar-refractivity contribution in [3.8, 4) is 0 Å². The number of piperidine rings is 1. The second-order valence-electron chi connectivity index (χ2n) is 5.83. The Labute approximate surface area is 135 Å². The van der Waals surface area contributed by atoms with Crippen LogP contribution >= 0.6 is 0 Å². The molecule has 1 atom stereocenters. The Kier molecular flexibility index (Phi) is 5.54. The molecule has 2 amide bonds. The van der Waals surface area contributed by atoms with Gasteiger partial charge < -0.3 is 19.9 Å². The van der Waals surface area contributed by atoms with Crippen LogP contribution in [-0.4, -0.2) is 54.5 Å². The minimum atomic E-state index is -0.497. The smallest absolute Gasteiger partial charge is 0.255 e. The molecule has 1 unspecified atom stereocenters. The molecular formula is C16H23N3O4. The van der Waals surface area contributed by atoms with Gasteiger partial charge in [-0.2, -0.15) is 0 Å². The van der Waals surface area contributed by atoms with Gasteiger partial charge in [0, 0.05) is 45.9 Å². The molecule has 0 aromatic carbocycles. The fourth-order valence-electron chi connectivity index (χ4n) is 2.94. The summed E-state index contributed by atoms with van der Waals surface area (Å²) in [5, 5.41) is 2.60. The predicted octanol–water partition coefficient (Wildman–Crippen LogP) is 0.522. The standard InChI is InChI=1S/C16H23N3O4/c1-17-13(20)6-8-16(23-2)7-3-9-19(11-16)15(22)12-4-5-14(21)18-10-12/h4-5,10H,3,6-9,11H2,1-2H3,(H,17,20)(H,18,21). The molecule has 0 radical (unpaired) electrons. The summed E-state index contributed by atoms with van der Waals surface area (Å²) in [6, 6.07) is 2.86. The third-order valence-electron chi connectivity index (χ3n) is 4.38. The Balaban J connectivity index is 2.08. The predicted molar refractivity (Wildman–Crippen MR) is 85.2 cm³/mol. The lowest BCUT2D eigenvalue weighted by Crippen LogP contribution is -2.51. The van der Waals surface area contributed by atoms with Gasteiger partial charge in [0.1, 0.15) is 0 Å². The summed E-state index contributed by atoms with van der Waals surface area (Å²) >= 11 is 0. The first kappa shape index (κ1) is 17.2. The van der Waals surface area contributed by atoms with Gasteiger partial charge in [-0.25, -0.2) is 0 Å². The molecule has 1 aromatic heterocycles. The Morgan fingerprint density at radius 1 is 1.43 bits per heavy atom. The fourth-order valence-corrected chi connectivity index (χ4v) is 2.94. The molecule has 1 aliphatic rings. The highest BCUT2D eigenvalue weighted by molar-refractivity contribution is 5.94. The van der Waals surface area contributed by atoms with Crippen LogP contribution in [0.5, 0.6) is 0 Å². The highest BCUT2D eigenvalue weighted by atomic mass is 16.5. The number of carbonyl (C=O) groups excluding carboxylic acids is 2. The summed E-state index contributed by atoms with van der Waals surface area (Å²) in [7, 11) is 3.23. The van der Waals surface area contributed by atoms with Crippen molar-refractivity contribution < 1.29 is 14.3 Å². The van der Waals surface area contributed by atoms with Crippen LogP contribution in [0.3, 0.4) is 0 Å². The summed E-state index contributed by atoms with van der Waals surface area (Å²) in [5.74, 6) is -0.173. The van der Waals surface area contributed by atoms with E-state index in [1.807, 2.05) is 0 Å². The second kappa shape index (κ2) is 7.41. The average Bonchev–Trinajstić information content (AvgIpc) is 2.60. The number of amides is 2. The van der Waals surface area contributed by atoms with Crippen molar-refractivity contribution in [2.45, 2.75) is 31.3 Å². The molecule has 7 nitrogen and oxygen atoms in total. The maximum absolute atomic E-state index is 12.6. The van der Waals surface area contributed by atoms with Gasteiger partial charge in [0.05, 0.1) is 11.2 Å². The molecule has 2 N–H and O–H groups in total. The zero-order valence-electron chi connectivity index (χ0n) is 13.6. The molecular weight excluding hydrogens is 298 g/mol. The number of pyridine rings is 1. The third-order valence-corrected chi connectivity index (χ3v) is 4.38. The van der Waals surface area contributed by atoms with Gasteiger partial charge in [0.2, 0.25) is 11.5 Å². The van der Waals surface area contributed by atoms with Crippen molar-refractivity contribution in [2.75, 3.05) is 27.2 Å². The number of nitrogens with zero attached hydrogens (tertiary/aromatic N) is 1. The summed E-state index contributed by atoms with van der Waals surface area (Å²) in [6.45, 7) is 1.08. The monoisotopic (exact) mass is 321 g/mol. The minimum Gasteiger partial charge on any atom is -0.376 e. The Morgan fingerprint density at radius 3 is 2.83 bits per heavy atom. The zero-order valence-corrected chi connectivity index (χ0v) is 13.6. The number of ether oxygens (including phenoxy) is 1. The van der Waals surface area contributed by atoms with Crippen LogP contribution in [0.15, 0.2) is 23.1 Å². The second-order valence-corrected chi connectivity index (χ2v) is 5.83. The van der Waals surface area contributed by atoms with Crippen LogP contribution in [-0.2, 0) is 9.53 Å². The number of aromatic nitrogens is 1. The molecule has 2 rings (SSSR count). The lowest BCUT2D eigenvalue weighted by molar-refractivity contribution is -0.123. The first-order valence-electron chi connectivity index (χ1n) is 7.73. The number of H-pyrrole nitrogens is 1. The van der Waals surface area contributed by atoms with E-state index >= 15 is 0 Å². The van der Waals surface area contributed by atoms with Gasteiger partial charge >= 0.3 is 0 Å². The molecule has 1 aliphatic heterocycles. The lowest BCUT2D eigenvalue weighted by Gasteiger charge is -2.42. The van der Waals surface area contributed by atoms with E-state index in [9.17, 15) is 14.4 Å². The van der Waals surface area contributed by atoms with Gasteiger partial charge in [0.15, 0.2) is 0 Å². The Bertz CT molecular complexity index is 608. The number of hydrogen-bond acceptors (Lipinski definition) is 4. The quantitative estimate of drug-likeness (QED) is 0.827. The summed E-state index contributed by atoms with van der Waals surface area (Å²) in [5.41, 5.74) is -0.289. The molecule has 2 heterocycles. The van der Waals surface area contributed by atoms with Crippen LogP contribution in [0, 0.1) is 0 Å². The van der Waals surface area contributed by atoms with Crippen LogP contribution < -0.4 is 10.9 Å². The van der Waals surface area contributed by atoms with E-state index in [1.54, 1.807) is 19.1 Å². The first-order valence-corrected chi connectivity index (χ1v) is 7.73. The van der Waals surface area contributed by atoms with E-state index < -0.39 is 5.60 Å². The molecule has 126 valence electrons. The van der Waals surface area contributed by atoms with E-state index in [2.05, 4.69) is 10.3 Å². The summed E-state index contributed by atoms with van der Waals surface area (Å²) in [4.78, 5) is 39.4. The van der Waals surface area contributed by atoms with Crippen LogP contribution in [0.4, 0.5) is 0 Å². The van der Waals surface area contributed by atoms with E-state index in [4.69, 9.17) is 4.74 Å². The van der Waals surface area contributed by atoms with E-state index in [1.165, 1.54) is 18.3 Å². The molecule has 1 fully saturated rings. The van der Waals surface area contributed by atoms with Crippen molar-refractivity contribution in [3.05, 3.63) is 34.2 Å². The maximum Gasteiger partial charge on any atom is 0.255 e. The Hall–Kier alpha value is -2.15. The topological polar surface area (TPSA) is 91.5 Å². The molecule has 23 heavy (non-hydrogen) atoms. The highest BCUT2D eigenvalue weighted by Crippen LogP contribution is 2.30. The van der Waals surface area contributed by atoms with Crippen LogP contribution in [0.1, 0.15) is 36.0 Å². The van der Waals surface area contributed by atoms with Crippen LogP contribution in [0.2, 0.25) is 0 Å². The maximum atomic E-state index is 12.6. The zero-order chi connectivity index (χ0) is 16.9. The lowest BCUT2D eigenvalue weighted by atomic mass is 9.87. The van der Waals surface area contributed by atoms with Gasteiger partial charge in [-0.1, -0.05) is 0 Å². The van der Waals surface area contributed by atoms with Crippen molar-refractivity contribution in [3.63, 3.8) is 0 Å². The van der Waals surface area contributed by atoms with Gasteiger partial charge in [-0.3, -0.25) is 14.4 Å².